The predicted molar refractivity (Wildman–Crippen MR) is 87.8 cm³/mol. The summed E-state index contributed by atoms with van der Waals surface area (Å²) in [5.41, 5.74) is 6.62. The Hall–Kier alpha value is -2.88. The summed E-state index contributed by atoms with van der Waals surface area (Å²) in [7, 11) is 2.03. The second-order valence-corrected chi connectivity index (χ2v) is 5.39. The number of para-hydroxylation sites is 1. The molecule has 0 fully saturated rings. The van der Waals surface area contributed by atoms with Crippen LogP contribution in [0.5, 0.6) is 0 Å². The summed E-state index contributed by atoms with van der Waals surface area (Å²) >= 11 is 0. The molecule has 2 heterocycles. The Morgan fingerprint density at radius 3 is 2.59 bits per heavy atom. The van der Waals surface area contributed by atoms with Crippen molar-refractivity contribution in [3.63, 3.8) is 0 Å². The lowest BCUT2D eigenvalue weighted by atomic mass is 10.1. The zero-order valence-corrected chi connectivity index (χ0v) is 12.4. The maximum absolute atomic E-state index is 5.91. The van der Waals surface area contributed by atoms with Crippen LogP contribution in [0.25, 0.3) is 11.0 Å². The van der Waals surface area contributed by atoms with Gasteiger partial charge in [-0.15, -0.1) is 0 Å². The number of rotatable bonds is 3. The molecule has 2 aromatic carbocycles. The van der Waals surface area contributed by atoms with Gasteiger partial charge in [0.25, 0.3) is 0 Å². The van der Waals surface area contributed by atoms with Crippen LogP contribution in [0.1, 0.15) is 5.56 Å². The van der Waals surface area contributed by atoms with Crippen LogP contribution in [-0.4, -0.2) is 12.1 Å². The van der Waals surface area contributed by atoms with E-state index in [9.17, 15) is 0 Å². The quantitative estimate of drug-likeness (QED) is 0.797. The van der Waals surface area contributed by atoms with Crippen molar-refractivity contribution < 1.29 is 4.42 Å². The summed E-state index contributed by atoms with van der Waals surface area (Å²) in [5.74, 6) is 0.781. The summed E-state index contributed by atoms with van der Waals surface area (Å²) in [5, 5.41) is 5.09. The Kier molecular flexibility index (Phi) is 3.00. The summed E-state index contributed by atoms with van der Waals surface area (Å²) in [4.78, 5) is 0. The van der Waals surface area contributed by atoms with Crippen molar-refractivity contribution >= 4 is 16.9 Å². The topological polar surface area (TPSA) is 31.6 Å². The minimum Gasteiger partial charge on any atom is -0.437 e. The molecule has 0 radical (unpaired) electrons. The van der Waals surface area contributed by atoms with Gasteiger partial charge in [-0.2, -0.15) is 5.12 Å². The number of hydrogen-bond acceptors (Lipinski definition) is 4. The third-order valence-corrected chi connectivity index (χ3v) is 3.92. The van der Waals surface area contributed by atoms with Gasteiger partial charge in [0.2, 0.25) is 5.88 Å². The highest BCUT2D eigenvalue weighted by molar-refractivity contribution is 5.80. The summed E-state index contributed by atoms with van der Waals surface area (Å²) < 4.78 is 5.91. The van der Waals surface area contributed by atoms with Crippen molar-refractivity contribution in [3.8, 4) is 0 Å². The molecule has 0 amide bonds. The van der Waals surface area contributed by atoms with Gasteiger partial charge in [-0.3, -0.25) is 10.4 Å². The SMILES string of the molecule is CN1C(Cc2ccccc2)=CNN1c1cc2ccccc2o1. The van der Waals surface area contributed by atoms with Gasteiger partial charge in [0.15, 0.2) is 0 Å². The van der Waals surface area contributed by atoms with E-state index < -0.39 is 0 Å². The highest BCUT2D eigenvalue weighted by Gasteiger charge is 2.23. The Balaban J connectivity index is 1.56. The number of nitrogens with zero attached hydrogens (tertiary/aromatic N) is 2. The number of nitrogens with one attached hydrogen (secondary N) is 1. The fourth-order valence-electron chi connectivity index (χ4n) is 2.70. The fraction of sp³-hybridized carbons (Fsp3) is 0.111. The molecule has 0 saturated carbocycles. The average Bonchev–Trinajstić information content (AvgIpc) is 3.12. The van der Waals surface area contributed by atoms with Gasteiger partial charge < -0.3 is 4.42 Å². The van der Waals surface area contributed by atoms with Crippen LogP contribution in [-0.2, 0) is 6.42 Å². The first-order valence-electron chi connectivity index (χ1n) is 7.33. The van der Waals surface area contributed by atoms with Gasteiger partial charge in [0, 0.05) is 31.1 Å². The maximum Gasteiger partial charge on any atom is 0.235 e. The van der Waals surface area contributed by atoms with Gasteiger partial charge in [-0.05, 0) is 11.6 Å². The van der Waals surface area contributed by atoms with E-state index in [2.05, 4.69) is 40.8 Å². The molecule has 4 heteroatoms. The standard InChI is InChI=1S/C18H17N3O/c1-20-16(11-14-7-3-2-4-8-14)13-19-21(20)18-12-15-9-5-6-10-17(15)22-18/h2-10,12-13,19H,11H2,1H3. The highest BCUT2D eigenvalue weighted by Crippen LogP contribution is 2.28. The molecule has 1 aliphatic heterocycles. The monoisotopic (exact) mass is 291 g/mol. The second kappa shape index (κ2) is 5.15. The lowest BCUT2D eigenvalue weighted by Gasteiger charge is -2.26. The van der Waals surface area contributed by atoms with Gasteiger partial charge >= 0.3 is 0 Å². The molecule has 0 bridgehead atoms. The van der Waals surface area contributed by atoms with E-state index in [0.717, 1.165) is 23.3 Å². The first-order valence-corrected chi connectivity index (χ1v) is 7.33. The van der Waals surface area contributed by atoms with E-state index in [1.54, 1.807) is 0 Å². The molecule has 0 spiro atoms. The molecule has 4 rings (SSSR count). The van der Waals surface area contributed by atoms with E-state index >= 15 is 0 Å². The van der Waals surface area contributed by atoms with Gasteiger partial charge in [0.1, 0.15) is 5.58 Å². The molecule has 110 valence electrons. The van der Waals surface area contributed by atoms with Gasteiger partial charge in [-0.25, -0.2) is 0 Å². The van der Waals surface area contributed by atoms with Gasteiger partial charge in [-0.1, -0.05) is 48.5 Å². The van der Waals surface area contributed by atoms with Crippen molar-refractivity contribution in [1.82, 2.24) is 10.4 Å². The van der Waals surface area contributed by atoms with Crippen LogP contribution in [0.15, 0.2) is 77.0 Å². The zero-order valence-electron chi connectivity index (χ0n) is 12.4. The van der Waals surface area contributed by atoms with E-state index in [1.807, 2.05) is 48.7 Å². The Morgan fingerprint density at radius 1 is 1.00 bits per heavy atom. The first-order chi connectivity index (χ1) is 10.8. The smallest absolute Gasteiger partial charge is 0.235 e. The van der Waals surface area contributed by atoms with Crippen molar-refractivity contribution in [2.75, 3.05) is 12.2 Å². The number of anilines is 1. The zero-order chi connectivity index (χ0) is 14.9. The Labute approximate surface area is 129 Å². The maximum atomic E-state index is 5.91. The van der Waals surface area contributed by atoms with E-state index in [-0.39, 0.29) is 0 Å². The first kappa shape index (κ1) is 12.8. The molecular formula is C18H17N3O. The average molecular weight is 291 g/mol. The third-order valence-electron chi connectivity index (χ3n) is 3.92. The molecule has 1 aromatic heterocycles. The van der Waals surface area contributed by atoms with Crippen LogP contribution < -0.4 is 10.5 Å². The molecule has 0 saturated heterocycles. The van der Waals surface area contributed by atoms with Crippen LogP contribution in [0.2, 0.25) is 0 Å². The van der Waals surface area contributed by atoms with Crippen LogP contribution in [0, 0.1) is 0 Å². The predicted octanol–water partition coefficient (Wildman–Crippen LogP) is 3.69. The molecule has 4 nitrogen and oxygen atoms in total. The number of allylic oxidation sites excluding steroid dienone is 1. The molecule has 3 aromatic rings. The molecule has 0 atom stereocenters. The van der Waals surface area contributed by atoms with Crippen LogP contribution in [0.3, 0.4) is 0 Å². The Morgan fingerprint density at radius 2 is 1.77 bits per heavy atom. The third kappa shape index (κ3) is 2.19. The number of fused-ring (bicyclic) bond motifs is 1. The summed E-state index contributed by atoms with van der Waals surface area (Å²) in [6.07, 6.45) is 2.89. The van der Waals surface area contributed by atoms with Crippen molar-refractivity contribution in [1.29, 1.82) is 0 Å². The molecule has 0 unspecified atom stereocenters. The number of likely N-dealkylation sites (N-methyl/N-ethyl adjacent to an activating group) is 1. The summed E-state index contributed by atoms with van der Waals surface area (Å²) in [6, 6.07) is 20.5. The number of hydrogen-bond donors (Lipinski definition) is 1. The largest absolute Gasteiger partial charge is 0.437 e. The van der Waals surface area contributed by atoms with E-state index in [1.165, 1.54) is 11.3 Å². The number of furan rings is 1. The minimum atomic E-state index is 0.781. The lowest BCUT2D eigenvalue weighted by Crippen LogP contribution is -2.40. The molecule has 22 heavy (non-hydrogen) atoms. The van der Waals surface area contributed by atoms with Crippen molar-refractivity contribution in [3.05, 3.63) is 78.1 Å². The second-order valence-electron chi connectivity index (χ2n) is 5.39. The van der Waals surface area contributed by atoms with E-state index in [0.29, 0.717) is 0 Å². The van der Waals surface area contributed by atoms with Crippen LogP contribution >= 0.6 is 0 Å². The fourth-order valence-corrected chi connectivity index (χ4v) is 2.70. The lowest BCUT2D eigenvalue weighted by molar-refractivity contribution is 0.355. The van der Waals surface area contributed by atoms with Gasteiger partial charge in [0.05, 0.1) is 5.70 Å². The molecular weight excluding hydrogens is 274 g/mol. The molecule has 0 aliphatic carbocycles. The molecule has 1 aliphatic rings. The molecule has 1 N–H and O–H groups in total. The normalized spacial score (nSPS) is 14.3. The highest BCUT2D eigenvalue weighted by atomic mass is 16.4. The number of hydrazine groups is 2. The van der Waals surface area contributed by atoms with Crippen molar-refractivity contribution in [2.45, 2.75) is 6.42 Å². The summed E-state index contributed by atoms with van der Waals surface area (Å²) in [6.45, 7) is 0. The Bertz CT molecular complexity index is 789. The van der Waals surface area contributed by atoms with Crippen molar-refractivity contribution in [2.24, 2.45) is 0 Å². The van der Waals surface area contributed by atoms with E-state index in [4.69, 9.17) is 4.42 Å². The minimum absolute atomic E-state index is 0.781. The van der Waals surface area contributed by atoms with Crippen LogP contribution in [0.4, 0.5) is 5.88 Å². The number of benzene rings is 2.